The van der Waals surface area contributed by atoms with Crippen LogP contribution in [0.15, 0.2) is 41.0 Å². The van der Waals surface area contributed by atoms with E-state index < -0.39 is 23.7 Å². The van der Waals surface area contributed by atoms with Crippen molar-refractivity contribution in [2.24, 2.45) is 0 Å². The third kappa shape index (κ3) is 4.89. The van der Waals surface area contributed by atoms with Gasteiger partial charge in [0.1, 0.15) is 11.5 Å². The summed E-state index contributed by atoms with van der Waals surface area (Å²) in [5.41, 5.74) is -4.78. The summed E-state index contributed by atoms with van der Waals surface area (Å²) in [6.07, 6.45) is 1.54. The van der Waals surface area contributed by atoms with E-state index in [0.29, 0.717) is 29.6 Å². The molecule has 0 bridgehead atoms. The molecule has 0 atom stereocenters. The van der Waals surface area contributed by atoms with Crippen molar-refractivity contribution in [3.05, 3.63) is 47.9 Å². The zero-order chi connectivity index (χ0) is 19.6. The van der Waals surface area contributed by atoms with E-state index >= 15 is 0 Å². The van der Waals surface area contributed by atoms with E-state index in [2.05, 4.69) is 9.50 Å². The monoisotopic (exact) mass is 407 g/mol. The Hall–Kier alpha value is -1.78. The summed E-state index contributed by atoms with van der Waals surface area (Å²) in [4.78, 5) is 0. The van der Waals surface area contributed by atoms with Gasteiger partial charge in [-0.3, -0.25) is 0 Å². The van der Waals surface area contributed by atoms with Crippen LogP contribution in [0.2, 0.25) is 19.6 Å². The number of hydrogen-bond acceptors (Lipinski definition) is 5. The van der Waals surface area contributed by atoms with Crippen LogP contribution in [0.4, 0.5) is 13.2 Å². The maximum absolute atomic E-state index is 12.7. The average Bonchev–Trinajstić information content (AvgIpc) is 2.97. The highest BCUT2D eigenvalue weighted by Gasteiger charge is 2.49. The Balaban J connectivity index is 2.31. The van der Waals surface area contributed by atoms with Gasteiger partial charge in [-0.05, 0) is 28.9 Å². The Bertz CT molecular complexity index is 843. The summed E-state index contributed by atoms with van der Waals surface area (Å²) in [5, 5.41) is 3.67. The molecule has 0 radical (unpaired) electrons. The molecule has 2 rings (SSSR count). The molecule has 5 nitrogen and oxygen atoms in total. The molecule has 0 saturated carbocycles. The van der Waals surface area contributed by atoms with E-state index in [1.165, 1.54) is 12.1 Å². The number of nitrogens with one attached hydrogen (secondary N) is 1. The van der Waals surface area contributed by atoms with Gasteiger partial charge in [0.25, 0.3) is 0 Å². The maximum Gasteiger partial charge on any atom is 0.534 e. The molecule has 0 amide bonds. The Labute approximate surface area is 151 Å². The Morgan fingerprint density at radius 3 is 2.35 bits per heavy atom. The first-order valence-electron chi connectivity index (χ1n) is 7.78. The van der Waals surface area contributed by atoms with Gasteiger partial charge in [0.05, 0.1) is 20.9 Å². The van der Waals surface area contributed by atoms with Gasteiger partial charge in [0, 0.05) is 6.54 Å². The normalized spacial score (nSPS) is 13.0. The summed E-state index contributed by atoms with van der Waals surface area (Å²) in [7, 11) is -7.94. The molecule has 1 aromatic carbocycles. The van der Waals surface area contributed by atoms with Gasteiger partial charge >= 0.3 is 15.6 Å². The highest BCUT2D eigenvalue weighted by molar-refractivity contribution is 7.88. The van der Waals surface area contributed by atoms with Crippen LogP contribution in [0.3, 0.4) is 0 Å². The van der Waals surface area contributed by atoms with Crippen LogP contribution in [0.5, 0.6) is 5.75 Å². The van der Waals surface area contributed by atoms with Crippen molar-refractivity contribution >= 4 is 23.4 Å². The molecule has 0 saturated heterocycles. The molecule has 0 spiro atoms. The summed E-state index contributed by atoms with van der Waals surface area (Å²) in [6, 6.07) is 8.03. The number of furan rings is 1. The van der Waals surface area contributed by atoms with Gasteiger partial charge in [0.2, 0.25) is 0 Å². The molecule has 1 aromatic heterocycles. The fraction of sp³-hybridized carbons (Fsp3) is 0.375. The number of halogens is 3. The quantitative estimate of drug-likeness (QED) is 0.433. The second kappa shape index (κ2) is 7.45. The standard InChI is InChI=1S/C16H20F3NO4SSi/c1-26(2,3)15-12(10-20-11-13-7-5-9-23-13)6-4-8-14(15)24-25(21,22)16(17,18)19/h4-9,20H,10-11H2,1-3H3. The first-order valence-corrected chi connectivity index (χ1v) is 12.7. The molecule has 1 N–H and O–H groups in total. The van der Waals surface area contributed by atoms with Crippen molar-refractivity contribution in [2.75, 3.05) is 0 Å². The smallest absolute Gasteiger partial charge is 0.468 e. The number of hydrogen-bond donors (Lipinski definition) is 1. The minimum atomic E-state index is -5.72. The molecule has 144 valence electrons. The molecule has 0 aliphatic heterocycles. The fourth-order valence-corrected chi connectivity index (χ4v) is 5.10. The van der Waals surface area contributed by atoms with Crippen molar-refractivity contribution in [1.29, 1.82) is 0 Å². The SMILES string of the molecule is C[Si](C)(C)c1c(CNCc2ccco2)cccc1OS(=O)(=O)C(F)(F)F. The van der Waals surface area contributed by atoms with E-state index in [1.807, 2.05) is 19.6 Å². The first-order chi connectivity index (χ1) is 11.9. The van der Waals surface area contributed by atoms with Gasteiger partial charge in [-0.1, -0.05) is 31.8 Å². The highest BCUT2D eigenvalue weighted by atomic mass is 32.2. The summed E-state index contributed by atoms with van der Waals surface area (Å²) < 4.78 is 70.6. The minimum Gasteiger partial charge on any atom is -0.468 e. The number of benzene rings is 1. The molecule has 0 aliphatic rings. The number of alkyl halides is 3. The van der Waals surface area contributed by atoms with Crippen LogP contribution in [0, 0.1) is 0 Å². The summed E-state index contributed by atoms with van der Waals surface area (Å²) >= 11 is 0. The van der Waals surface area contributed by atoms with Gasteiger partial charge in [-0.25, -0.2) is 0 Å². The highest BCUT2D eigenvalue weighted by Crippen LogP contribution is 2.28. The third-order valence-corrected chi connectivity index (χ3v) is 6.57. The van der Waals surface area contributed by atoms with Gasteiger partial charge in [-0.2, -0.15) is 21.6 Å². The molecule has 10 heteroatoms. The minimum absolute atomic E-state index is 0.265. The molecule has 2 aromatic rings. The van der Waals surface area contributed by atoms with Crippen LogP contribution < -0.4 is 14.7 Å². The van der Waals surface area contributed by atoms with Crippen molar-refractivity contribution in [1.82, 2.24) is 5.32 Å². The Morgan fingerprint density at radius 1 is 1.12 bits per heavy atom. The summed E-state index contributed by atoms with van der Waals surface area (Å²) in [5.74, 6) is 0.449. The zero-order valence-corrected chi connectivity index (χ0v) is 16.4. The molecular formula is C16H20F3NO4SSi. The lowest BCUT2D eigenvalue weighted by molar-refractivity contribution is -0.0499. The lowest BCUT2D eigenvalue weighted by Crippen LogP contribution is -2.43. The predicted octanol–water partition coefficient (Wildman–Crippen LogP) is 3.34. The molecule has 0 fully saturated rings. The molecule has 26 heavy (non-hydrogen) atoms. The topological polar surface area (TPSA) is 68.5 Å². The van der Waals surface area contributed by atoms with Gasteiger partial charge < -0.3 is 13.9 Å². The summed E-state index contributed by atoms with van der Waals surface area (Å²) in [6.45, 7) is 6.50. The molecule has 1 heterocycles. The van der Waals surface area contributed by atoms with Gasteiger partial charge in [-0.15, -0.1) is 0 Å². The van der Waals surface area contributed by atoms with Crippen molar-refractivity contribution in [3.63, 3.8) is 0 Å². The maximum atomic E-state index is 12.7. The average molecular weight is 407 g/mol. The first kappa shape index (κ1) is 20.5. The molecule has 0 aliphatic carbocycles. The molecule has 0 unspecified atom stereocenters. The fourth-order valence-electron chi connectivity index (χ4n) is 2.54. The number of rotatable bonds is 7. The second-order valence-electron chi connectivity index (χ2n) is 6.71. The lowest BCUT2D eigenvalue weighted by atomic mass is 10.2. The van der Waals surface area contributed by atoms with Crippen molar-refractivity contribution in [3.8, 4) is 5.75 Å². The van der Waals surface area contributed by atoms with Crippen LogP contribution >= 0.6 is 0 Å². The predicted molar refractivity (Wildman–Crippen MR) is 94.3 cm³/mol. The van der Waals surface area contributed by atoms with E-state index in [9.17, 15) is 21.6 Å². The van der Waals surface area contributed by atoms with Crippen molar-refractivity contribution in [2.45, 2.75) is 38.2 Å². The van der Waals surface area contributed by atoms with E-state index in [-0.39, 0.29) is 5.75 Å². The Kier molecular flexibility index (Phi) is 5.88. The zero-order valence-electron chi connectivity index (χ0n) is 14.6. The Morgan fingerprint density at radius 2 is 1.81 bits per heavy atom. The lowest BCUT2D eigenvalue weighted by Gasteiger charge is -2.24. The molecular weight excluding hydrogens is 387 g/mol. The van der Waals surface area contributed by atoms with Crippen molar-refractivity contribution < 1.29 is 30.2 Å². The largest absolute Gasteiger partial charge is 0.534 e. The van der Waals surface area contributed by atoms with E-state index in [1.54, 1.807) is 24.5 Å². The van der Waals surface area contributed by atoms with E-state index in [4.69, 9.17) is 4.42 Å². The van der Waals surface area contributed by atoms with Crippen LogP contribution in [0.25, 0.3) is 0 Å². The van der Waals surface area contributed by atoms with Crippen LogP contribution in [0.1, 0.15) is 11.3 Å². The second-order valence-corrected chi connectivity index (χ2v) is 13.2. The van der Waals surface area contributed by atoms with Crippen LogP contribution in [-0.2, 0) is 23.2 Å². The third-order valence-electron chi connectivity index (χ3n) is 3.54. The van der Waals surface area contributed by atoms with E-state index in [0.717, 1.165) is 0 Å². The van der Waals surface area contributed by atoms with Crippen LogP contribution in [-0.4, -0.2) is 22.0 Å². The van der Waals surface area contributed by atoms with Gasteiger partial charge in [0.15, 0.2) is 0 Å².